The van der Waals surface area contributed by atoms with Crippen LogP contribution in [0.1, 0.15) is 23.2 Å². The molecule has 0 saturated carbocycles. The van der Waals surface area contributed by atoms with Gasteiger partial charge in [-0.3, -0.25) is 24.2 Å². The molecule has 4 rings (SSSR count). The second kappa shape index (κ2) is 10.1. The number of aromatic nitrogens is 1. The number of ketones is 1. The molecule has 0 aliphatic carbocycles. The fourth-order valence-electron chi connectivity index (χ4n) is 4.00. The van der Waals surface area contributed by atoms with Crippen molar-refractivity contribution in [2.75, 3.05) is 25.5 Å². The van der Waals surface area contributed by atoms with Crippen molar-refractivity contribution < 1.29 is 23.9 Å². The van der Waals surface area contributed by atoms with Gasteiger partial charge in [-0.1, -0.05) is 18.2 Å². The molecule has 1 saturated heterocycles. The normalized spacial score (nSPS) is 15.1. The van der Waals surface area contributed by atoms with Crippen LogP contribution in [0.25, 0.3) is 10.9 Å². The number of nitrogens with zero attached hydrogens (tertiary/aromatic N) is 2. The second-order valence-corrected chi connectivity index (χ2v) is 7.85. The lowest BCUT2D eigenvalue weighted by molar-refractivity contribution is -0.141. The number of ether oxygens (including phenoxy) is 1. The number of rotatable bonds is 7. The summed E-state index contributed by atoms with van der Waals surface area (Å²) < 4.78 is 5.08. The highest BCUT2D eigenvalue weighted by atomic mass is 16.5. The number of likely N-dealkylation sites (tertiary alicyclic amines) is 1. The van der Waals surface area contributed by atoms with Crippen molar-refractivity contribution in [3.8, 4) is 5.75 Å². The molecule has 0 radical (unpaired) electrons. The fraction of sp³-hybridized carbons (Fsp3) is 0.240. The van der Waals surface area contributed by atoms with Gasteiger partial charge in [0.25, 0.3) is 11.8 Å². The lowest BCUT2D eigenvalue weighted by Crippen LogP contribution is -2.48. The Morgan fingerprint density at radius 3 is 2.59 bits per heavy atom. The van der Waals surface area contributed by atoms with E-state index in [1.54, 1.807) is 42.5 Å². The molecule has 0 bridgehead atoms. The van der Waals surface area contributed by atoms with Crippen molar-refractivity contribution in [3.05, 3.63) is 66.4 Å². The van der Waals surface area contributed by atoms with E-state index in [1.807, 2.05) is 12.1 Å². The average molecular weight is 460 g/mol. The van der Waals surface area contributed by atoms with Gasteiger partial charge >= 0.3 is 0 Å². The van der Waals surface area contributed by atoms with Crippen LogP contribution < -0.4 is 15.4 Å². The van der Waals surface area contributed by atoms with Gasteiger partial charge in [0.2, 0.25) is 11.7 Å². The first-order chi connectivity index (χ1) is 16.5. The van der Waals surface area contributed by atoms with Gasteiger partial charge in [0, 0.05) is 23.8 Å². The highest BCUT2D eigenvalue weighted by molar-refractivity contribution is 6.42. The molecule has 2 N–H and O–H groups in total. The number of methoxy groups -OCH3 is 1. The molecular weight excluding hydrogens is 436 g/mol. The van der Waals surface area contributed by atoms with Crippen LogP contribution in [0.5, 0.6) is 5.75 Å². The number of para-hydroxylation sites is 1. The molecule has 1 aromatic heterocycles. The Bertz CT molecular complexity index is 1240. The molecule has 0 spiro atoms. The molecule has 0 unspecified atom stereocenters. The van der Waals surface area contributed by atoms with Gasteiger partial charge in [-0.05, 0) is 49.2 Å². The van der Waals surface area contributed by atoms with Gasteiger partial charge in [0.1, 0.15) is 11.8 Å². The Kier molecular flexibility index (Phi) is 6.82. The standard InChI is InChI=1S/C25H24N4O5/c1-34-17-10-8-16(9-11-17)28-25(33)23(31)21-7-4-14-29(21)22(30)15-27-24(32)19-12-13-26-20-6-3-2-5-18(19)20/h2-3,5-6,8-13,21H,4,7,14-15H2,1H3,(H,27,32)(H,28,33)/t21-/m0/s1. The third kappa shape index (κ3) is 4.88. The maximum Gasteiger partial charge on any atom is 0.293 e. The monoisotopic (exact) mass is 460 g/mol. The quantitative estimate of drug-likeness (QED) is 0.522. The fourth-order valence-corrected chi connectivity index (χ4v) is 4.00. The largest absolute Gasteiger partial charge is 0.497 e. The zero-order chi connectivity index (χ0) is 24.1. The van der Waals surface area contributed by atoms with Crippen molar-refractivity contribution in [2.24, 2.45) is 0 Å². The SMILES string of the molecule is COc1ccc(NC(=O)C(=O)[C@@H]2CCCN2C(=O)CNC(=O)c2ccnc3ccccc23)cc1. The van der Waals surface area contributed by atoms with E-state index in [9.17, 15) is 19.2 Å². The van der Waals surface area contributed by atoms with Crippen LogP contribution in [0.3, 0.4) is 0 Å². The van der Waals surface area contributed by atoms with Crippen molar-refractivity contribution in [1.82, 2.24) is 15.2 Å². The van der Waals surface area contributed by atoms with Crippen LogP contribution in [0.4, 0.5) is 5.69 Å². The van der Waals surface area contributed by atoms with Crippen molar-refractivity contribution in [1.29, 1.82) is 0 Å². The number of nitrogens with one attached hydrogen (secondary N) is 2. The lowest BCUT2D eigenvalue weighted by atomic mass is 10.1. The summed E-state index contributed by atoms with van der Waals surface area (Å²) in [4.78, 5) is 56.4. The second-order valence-electron chi connectivity index (χ2n) is 7.85. The summed E-state index contributed by atoms with van der Waals surface area (Å²) in [5.74, 6) is -1.68. The first-order valence-electron chi connectivity index (χ1n) is 10.9. The van der Waals surface area contributed by atoms with Crippen LogP contribution in [0, 0.1) is 0 Å². The minimum absolute atomic E-state index is 0.278. The highest BCUT2D eigenvalue weighted by Gasteiger charge is 2.37. The van der Waals surface area contributed by atoms with Crippen molar-refractivity contribution in [3.63, 3.8) is 0 Å². The molecule has 1 fully saturated rings. The Morgan fingerprint density at radius 1 is 1.06 bits per heavy atom. The molecule has 9 nitrogen and oxygen atoms in total. The Morgan fingerprint density at radius 2 is 1.82 bits per heavy atom. The number of Topliss-reactive ketones (excluding diaryl/α,β-unsaturated/α-hetero) is 1. The van der Waals surface area contributed by atoms with Crippen LogP contribution in [-0.2, 0) is 14.4 Å². The van der Waals surface area contributed by atoms with Crippen LogP contribution in [-0.4, -0.2) is 59.6 Å². The molecule has 2 heterocycles. The molecule has 9 heteroatoms. The Labute approximate surface area is 196 Å². The zero-order valence-corrected chi connectivity index (χ0v) is 18.6. The first kappa shape index (κ1) is 22.9. The molecule has 34 heavy (non-hydrogen) atoms. The maximum atomic E-state index is 12.8. The first-order valence-corrected chi connectivity index (χ1v) is 10.9. The van der Waals surface area contributed by atoms with Crippen LogP contribution in [0.15, 0.2) is 60.8 Å². The third-order valence-corrected chi connectivity index (χ3v) is 5.74. The summed E-state index contributed by atoms with van der Waals surface area (Å²) in [5.41, 5.74) is 1.53. The summed E-state index contributed by atoms with van der Waals surface area (Å²) in [6, 6.07) is 14.5. The molecule has 1 atom stereocenters. The molecule has 174 valence electrons. The van der Waals surface area contributed by atoms with Gasteiger partial charge < -0.3 is 20.3 Å². The Balaban J connectivity index is 1.37. The van der Waals surface area contributed by atoms with Gasteiger partial charge in [-0.2, -0.15) is 0 Å². The minimum Gasteiger partial charge on any atom is -0.497 e. The van der Waals surface area contributed by atoms with E-state index in [1.165, 1.54) is 18.2 Å². The number of carbonyl (C=O) groups excluding carboxylic acids is 4. The summed E-state index contributed by atoms with van der Waals surface area (Å²) in [5, 5.41) is 5.87. The number of hydrogen-bond acceptors (Lipinski definition) is 6. The Hall–Kier alpha value is -4.27. The predicted octanol–water partition coefficient (Wildman–Crippen LogP) is 2.17. The summed E-state index contributed by atoms with van der Waals surface area (Å²) in [7, 11) is 1.53. The van der Waals surface area contributed by atoms with Crippen molar-refractivity contribution >= 4 is 40.1 Å². The number of amides is 3. The molecule has 2 aromatic carbocycles. The number of fused-ring (bicyclic) bond motifs is 1. The number of carbonyl (C=O) groups is 4. The average Bonchev–Trinajstić information content (AvgIpc) is 3.36. The van der Waals surface area contributed by atoms with E-state index in [2.05, 4.69) is 15.6 Å². The van der Waals surface area contributed by atoms with E-state index in [0.29, 0.717) is 47.3 Å². The number of benzene rings is 2. The zero-order valence-electron chi connectivity index (χ0n) is 18.6. The lowest BCUT2D eigenvalue weighted by Gasteiger charge is -2.23. The number of pyridine rings is 1. The van der Waals surface area contributed by atoms with Crippen LogP contribution >= 0.6 is 0 Å². The molecule has 1 aliphatic rings. The van der Waals surface area contributed by atoms with Gasteiger partial charge in [0.15, 0.2) is 0 Å². The smallest absolute Gasteiger partial charge is 0.293 e. The van der Waals surface area contributed by atoms with E-state index in [4.69, 9.17) is 4.74 Å². The predicted molar refractivity (Wildman–Crippen MR) is 125 cm³/mol. The van der Waals surface area contributed by atoms with E-state index >= 15 is 0 Å². The summed E-state index contributed by atoms with van der Waals surface area (Å²) in [6.07, 6.45) is 2.53. The third-order valence-electron chi connectivity index (χ3n) is 5.74. The van der Waals surface area contributed by atoms with Crippen molar-refractivity contribution in [2.45, 2.75) is 18.9 Å². The van der Waals surface area contributed by atoms with E-state index in [0.717, 1.165) is 0 Å². The maximum absolute atomic E-state index is 12.8. The van der Waals surface area contributed by atoms with Gasteiger partial charge in [-0.25, -0.2) is 0 Å². The highest BCUT2D eigenvalue weighted by Crippen LogP contribution is 2.20. The topological polar surface area (TPSA) is 118 Å². The summed E-state index contributed by atoms with van der Waals surface area (Å²) in [6.45, 7) is 0.0679. The minimum atomic E-state index is -0.857. The number of hydrogen-bond donors (Lipinski definition) is 2. The van der Waals surface area contributed by atoms with Gasteiger partial charge in [-0.15, -0.1) is 0 Å². The van der Waals surface area contributed by atoms with Gasteiger partial charge in [0.05, 0.1) is 24.7 Å². The molecular formula is C25H24N4O5. The number of anilines is 1. The summed E-state index contributed by atoms with van der Waals surface area (Å²) >= 11 is 0. The molecule has 3 aromatic rings. The van der Waals surface area contributed by atoms with E-state index < -0.39 is 29.5 Å². The van der Waals surface area contributed by atoms with Crippen LogP contribution in [0.2, 0.25) is 0 Å². The van der Waals surface area contributed by atoms with E-state index in [-0.39, 0.29) is 6.54 Å². The molecule has 3 amide bonds. The molecule has 1 aliphatic heterocycles.